The number of unbranched alkanes of at least 4 members (excludes halogenated alkanes) is 1. The molecule has 0 aromatic heterocycles. The standard InChI is InChI=1S/C17H28N2O2/c1-2-3-10-18-17(21)15-12-16(20)19(13-15)11-9-14-7-5-4-6-8-14/h7,15H,2-6,8-13H2,1H3,(H,18,21). The Morgan fingerprint density at radius 3 is 3.00 bits per heavy atom. The van der Waals surface area contributed by atoms with Crippen molar-refractivity contribution in [3.63, 3.8) is 0 Å². The summed E-state index contributed by atoms with van der Waals surface area (Å²) in [6.45, 7) is 4.22. The number of hydrogen-bond acceptors (Lipinski definition) is 2. The molecule has 1 atom stereocenters. The van der Waals surface area contributed by atoms with Crippen LogP contribution >= 0.6 is 0 Å². The number of allylic oxidation sites excluding steroid dienone is 1. The van der Waals surface area contributed by atoms with Gasteiger partial charge in [0.2, 0.25) is 11.8 Å². The maximum absolute atomic E-state index is 12.0. The maximum Gasteiger partial charge on any atom is 0.225 e. The van der Waals surface area contributed by atoms with Gasteiger partial charge in [0.15, 0.2) is 0 Å². The first-order chi connectivity index (χ1) is 10.2. The van der Waals surface area contributed by atoms with Gasteiger partial charge in [-0.3, -0.25) is 9.59 Å². The Morgan fingerprint density at radius 1 is 1.43 bits per heavy atom. The van der Waals surface area contributed by atoms with E-state index in [1.54, 1.807) is 0 Å². The molecule has 21 heavy (non-hydrogen) atoms. The van der Waals surface area contributed by atoms with Gasteiger partial charge in [0.1, 0.15) is 0 Å². The highest BCUT2D eigenvalue weighted by Gasteiger charge is 2.33. The Balaban J connectivity index is 1.74. The molecule has 1 unspecified atom stereocenters. The topological polar surface area (TPSA) is 49.4 Å². The minimum atomic E-state index is -0.144. The Bertz CT molecular complexity index is 404. The van der Waals surface area contributed by atoms with Crippen molar-refractivity contribution in [3.8, 4) is 0 Å². The Kier molecular flexibility index (Phi) is 6.27. The molecule has 0 aromatic carbocycles. The van der Waals surface area contributed by atoms with E-state index in [0.29, 0.717) is 13.0 Å². The van der Waals surface area contributed by atoms with Crippen LogP contribution in [0.25, 0.3) is 0 Å². The van der Waals surface area contributed by atoms with Crippen molar-refractivity contribution in [3.05, 3.63) is 11.6 Å². The maximum atomic E-state index is 12.0. The SMILES string of the molecule is CCCCNC(=O)C1CC(=O)N(CCC2=CCCCC2)C1. The molecular formula is C17H28N2O2. The molecule has 2 aliphatic rings. The van der Waals surface area contributed by atoms with Gasteiger partial charge in [-0.25, -0.2) is 0 Å². The van der Waals surface area contributed by atoms with E-state index in [0.717, 1.165) is 32.4 Å². The lowest BCUT2D eigenvalue weighted by Gasteiger charge is -2.19. The first kappa shape index (κ1) is 16.1. The van der Waals surface area contributed by atoms with Crippen molar-refractivity contribution in [2.75, 3.05) is 19.6 Å². The molecule has 4 heteroatoms. The van der Waals surface area contributed by atoms with Crippen molar-refractivity contribution in [1.29, 1.82) is 0 Å². The summed E-state index contributed by atoms with van der Waals surface area (Å²) in [5.74, 6) is 0.0490. The second-order valence-corrected chi connectivity index (χ2v) is 6.24. The van der Waals surface area contributed by atoms with E-state index in [-0.39, 0.29) is 17.7 Å². The van der Waals surface area contributed by atoms with Gasteiger partial charge in [0, 0.05) is 26.1 Å². The van der Waals surface area contributed by atoms with Crippen molar-refractivity contribution in [2.45, 2.75) is 58.3 Å². The zero-order valence-electron chi connectivity index (χ0n) is 13.2. The molecule has 2 amide bonds. The number of hydrogen-bond donors (Lipinski definition) is 1. The molecule has 118 valence electrons. The second kappa shape index (κ2) is 8.20. The van der Waals surface area contributed by atoms with Crippen LogP contribution in [-0.2, 0) is 9.59 Å². The van der Waals surface area contributed by atoms with Gasteiger partial charge in [0.05, 0.1) is 5.92 Å². The molecule has 0 aromatic rings. The Morgan fingerprint density at radius 2 is 2.29 bits per heavy atom. The van der Waals surface area contributed by atoms with Crippen LogP contribution in [0.1, 0.15) is 58.3 Å². The number of likely N-dealkylation sites (tertiary alicyclic amines) is 1. The van der Waals surface area contributed by atoms with Crippen molar-refractivity contribution in [2.24, 2.45) is 5.92 Å². The zero-order chi connectivity index (χ0) is 15.1. The van der Waals surface area contributed by atoms with Crippen LogP contribution in [-0.4, -0.2) is 36.3 Å². The van der Waals surface area contributed by atoms with Crippen molar-refractivity contribution in [1.82, 2.24) is 10.2 Å². The Hall–Kier alpha value is -1.32. The van der Waals surface area contributed by atoms with E-state index in [1.807, 2.05) is 4.90 Å². The molecule has 1 heterocycles. The Labute approximate surface area is 128 Å². The fourth-order valence-corrected chi connectivity index (χ4v) is 3.11. The van der Waals surface area contributed by atoms with E-state index in [4.69, 9.17) is 0 Å². The smallest absolute Gasteiger partial charge is 0.225 e. The highest BCUT2D eigenvalue weighted by atomic mass is 16.2. The highest BCUT2D eigenvalue weighted by molar-refractivity contribution is 5.89. The summed E-state index contributed by atoms with van der Waals surface area (Å²) >= 11 is 0. The molecule has 0 saturated carbocycles. The van der Waals surface area contributed by atoms with Gasteiger partial charge in [-0.1, -0.05) is 25.0 Å². The quantitative estimate of drug-likeness (QED) is 0.579. The van der Waals surface area contributed by atoms with E-state index in [9.17, 15) is 9.59 Å². The second-order valence-electron chi connectivity index (χ2n) is 6.24. The normalized spacial score (nSPS) is 22.3. The lowest BCUT2D eigenvalue weighted by atomic mass is 9.97. The average molecular weight is 292 g/mol. The highest BCUT2D eigenvalue weighted by Crippen LogP contribution is 2.23. The van der Waals surface area contributed by atoms with E-state index in [1.165, 1.54) is 31.3 Å². The van der Waals surface area contributed by atoms with E-state index >= 15 is 0 Å². The summed E-state index contributed by atoms with van der Waals surface area (Å²) in [5.41, 5.74) is 1.49. The summed E-state index contributed by atoms with van der Waals surface area (Å²) in [6, 6.07) is 0. The third-order valence-electron chi connectivity index (χ3n) is 4.50. The van der Waals surface area contributed by atoms with Crippen molar-refractivity contribution >= 4 is 11.8 Å². The average Bonchev–Trinajstić information content (AvgIpc) is 2.88. The summed E-state index contributed by atoms with van der Waals surface area (Å²) < 4.78 is 0. The molecule has 0 spiro atoms. The van der Waals surface area contributed by atoms with Crippen LogP contribution in [0.15, 0.2) is 11.6 Å². The fraction of sp³-hybridized carbons (Fsp3) is 0.765. The van der Waals surface area contributed by atoms with Gasteiger partial charge in [-0.2, -0.15) is 0 Å². The van der Waals surface area contributed by atoms with E-state index < -0.39 is 0 Å². The molecule has 0 bridgehead atoms. The summed E-state index contributed by atoms with van der Waals surface area (Å²) in [7, 11) is 0. The molecule has 2 rings (SSSR count). The number of nitrogens with zero attached hydrogens (tertiary/aromatic N) is 1. The van der Waals surface area contributed by atoms with Gasteiger partial charge in [-0.05, 0) is 38.5 Å². The van der Waals surface area contributed by atoms with Crippen molar-refractivity contribution < 1.29 is 9.59 Å². The molecule has 4 nitrogen and oxygen atoms in total. The number of nitrogens with one attached hydrogen (secondary N) is 1. The first-order valence-electron chi connectivity index (χ1n) is 8.44. The molecule has 1 fully saturated rings. The first-order valence-corrected chi connectivity index (χ1v) is 8.44. The molecule has 1 aliphatic heterocycles. The van der Waals surface area contributed by atoms with E-state index in [2.05, 4.69) is 18.3 Å². The van der Waals surface area contributed by atoms with Gasteiger partial charge < -0.3 is 10.2 Å². The van der Waals surface area contributed by atoms with Gasteiger partial charge >= 0.3 is 0 Å². The number of amides is 2. The van der Waals surface area contributed by atoms with Crippen LogP contribution in [0.4, 0.5) is 0 Å². The lowest BCUT2D eigenvalue weighted by Crippen LogP contribution is -2.33. The molecule has 1 saturated heterocycles. The molecular weight excluding hydrogens is 264 g/mol. The monoisotopic (exact) mass is 292 g/mol. The van der Waals surface area contributed by atoms with Crippen LogP contribution in [0.2, 0.25) is 0 Å². The summed E-state index contributed by atoms with van der Waals surface area (Å²) in [6.07, 6.45) is 10.7. The molecule has 1 N–H and O–H groups in total. The number of carbonyl (C=O) groups is 2. The molecule has 1 aliphatic carbocycles. The summed E-state index contributed by atoms with van der Waals surface area (Å²) in [4.78, 5) is 25.9. The fourth-order valence-electron chi connectivity index (χ4n) is 3.11. The minimum absolute atomic E-state index is 0.0520. The van der Waals surface area contributed by atoms with Crippen LogP contribution in [0.3, 0.4) is 0 Å². The van der Waals surface area contributed by atoms with Crippen LogP contribution < -0.4 is 5.32 Å². The number of rotatable bonds is 7. The van der Waals surface area contributed by atoms with Gasteiger partial charge in [-0.15, -0.1) is 0 Å². The lowest BCUT2D eigenvalue weighted by molar-refractivity contribution is -0.129. The number of carbonyl (C=O) groups excluding carboxylic acids is 2. The third-order valence-corrected chi connectivity index (χ3v) is 4.50. The van der Waals surface area contributed by atoms with Crippen LogP contribution in [0, 0.1) is 5.92 Å². The third kappa shape index (κ3) is 4.87. The van der Waals surface area contributed by atoms with Crippen LogP contribution in [0.5, 0.6) is 0 Å². The summed E-state index contributed by atoms with van der Waals surface area (Å²) in [5, 5.41) is 2.94. The minimum Gasteiger partial charge on any atom is -0.356 e. The predicted octanol–water partition coefficient (Wildman–Crippen LogP) is 2.64. The zero-order valence-corrected chi connectivity index (χ0v) is 13.2. The van der Waals surface area contributed by atoms with Gasteiger partial charge in [0.25, 0.3) is 0 Å². The molecule has 0 radical (unpaired) electrons. The largest absolute Gasteiger partial charge is 0.356 e. The predicted molar refractivity (Wildman–Crippen MR) is 83.8 cm³/mol.